The lowest BCUT2D eigenvalue weighted by atomic mass is 9.70. The predicted octanol–water partition coefficient (Wildman–Crippen LogP) is 6.41. The Bertz CT molecular complexity index is 1390. The van der Waals surface area contributed by atoms with E-state index in [1.807, 2.05) is 0 Å². The molecule has 2 aliphatic rings. The minimum atomic E-state index is -0.226. The van der Waals surface area contributed by atoms with Gasteiger partial charge in [-0.1, -0.05) is 86.1 Å². The predicted molar refractivity (Wildman–Crippen MR) is 250 cm³/mol. The summed E-state index contributed by atoms with van der Waals surface area (Å²) < 4.78 is 68.9. The summed E-state index contributed by atoms with van der Waals surface area (Å²) in [6, 6.07) is 14.1. The lowest BCUT2D eigenvalue weighted by molar-refractivity contribution is -0.0846. The maximum absolute atomic E-state index is 8.97. The van der Waals surface area contributed by atoms with E-state index < -0.39 is 0 Å². The smallest absolute Gasteiger partial charge is 0.104 e. The molecule has 0 bridgehead atoms. The summed E-state index contributed by atoms with van der Waals surface area (Å²) in [6.07, 6.45) is 10.7. The number of rotatable bonds is 31. The van der Waals surface area contributed by atoms with Gasteiger partial charge < -0.3 is 67.1 Å². The molecule has 0 saturated carbocycles. The Morgan fingerprint density at radius 3 is 1.52 bits per heavy atom. The van der Waals surface area contributed by atoms with Gasteiger partial charge in [-0.25, -0.2) is 0 Å². The fraction of sp³-hybridized carbons (Fsp3) is 0.765. The van der Waals surface area contributed by atoms with Gasteiger partial charge in [0.15, 0.2) is 0 Å². The highest BCUT2D eigenvalue weighted by Gasteiger charge is 2.42. The summed E-state index contributed by atoms with van der Waals surface area (Å²) in [5.41, 5.74) is 8.43. The average Bonchev–Trinajstić information content (AvgIpc) is 3.56. The molecule has 0 amide bonds. The first-order valence-corrected chi connectivity index (χ1v) is 24.5. The maximum Gasteiger partial charge on any atom is 0.104 e. The van der Waals surface area contributed by atoms with Crippen LogP contribution < -0.4 is 0 Å². The summed E-state index contributed by atoms with van der Waals surface area (Å²) >= 11 is 0. The van der Waals surface area contributed by atoms with Gasteiger partial charge in [-0.2, -0.15) is 0 Å². The summed E-state index contributed by atoms with van der Waals surface area (Å²) in [5, 5.41) is 17.9. The lowest BCUT2D eigenvalue weighted by Gasteiger charge is -2.33. The van der Waals surface area contributed by atoms with Crippen LogP contribution in [0.3, 0.4) is 0 Å². The van der Waals surface area contributed by atoms with Crippen molar-refractivity contribution in [1.82, 2.24) is 0 Å². The molecule has 65 heavy (non-hydrogen) atoms. The Kier molecular flexibility index (Phi) is 30.7. The van der Waals surface area contributed by atoms with E-state index in [9.17, 15) is 0 Å². The number of ether oxygens (including phenoxy) is 12. The third-order valence-corrected chi connectivity index (χ3v) is 11.7. The van der Waals surface area contributed by atoms with Crippen LogP contribution in [0.5, 0.6) is 0 Å². The van der Waals surface area contributed by atoms with E-state index in [2.05, 4.69) is 50.2 Å². The fourth-order valence-electron chi connectivity index (χ4n) is 8.38. The first-order chi connectivity index (χ1) is 32.1. The van der Waals surface area contributed by atoms with E-state index in [1.54, 1.807) is 0 Å². The molecule has 2 N–H and O–H groups in total. The Hall–Kier alpha value is -2.12. The molecule has 1 aliphatic carbocycles. The Balaban J connectivity index is 1.21. The first kappa shape index (κ1) is 55.5. The van der Waals surface area contributed by atoms with Crippen LogP contribution in [0.25, 0.3) is 11.1 Å². The number of aryl methyl sites for hydroxylation is 2. The molecule has 2 atom stereocenters. The number of unbranched alkanes of at least 4 members (excludes halogenated alkanes) is 6. The summed E-state index contributed by atoms with van der Waals surface area (Å²) in [7, 11) is 0. The maximum atomic E-state index is 8.97. The normalized spacial score (nSPS) is 18.2. The molecule has 14 nitrogen and oxygen atoms in total. The van der Waals surface area contributed by atoms with E-state index in [4.69, 9.17) is 67.1 Å². The zero-order valence-electron chi connectivity index (χ0n) is 40.0. The van der Waals surface area contributed by atoms with Gasteiger partial charge in [0.2, 0.25) is 0 Å². The molecular formula is C51H84O14. The zero-order valence-corrected chi connectivity index (χ0v) is 40.0. The Morgan fingerprint density at radius 2 is 0.969 bits per heavy atom. The zero-order chi connectivity index (χ0) is 45.9. The molecule has 14 heteroatoms. The highest BCUT2D eigenvalue weighted by Crippen LogP contribution is 2.54. The van der Waals surface area contributed by atoms with Gasteiger partial charge in [0.05, 0.1) is 145 Å². The SMILES string of the molecule is Cc1ccc2c(c1)C(CCCCCCOCC(COCCOCCO)OCCOCCO)(CCCCCCOCC1COCCOCCOCCOCCOCCO1)c1cc(C)ccc1-2. The van der Waals surface area contributed by atoms with Crippen LogP contribution in [-0.2, 0) is 62.3 Å². The Labute approximate surface area is 390 Å². The third kappa shape index (κ3) is 22.7. The van der Waals surface area contributed by atoms with E-state index >= 15 is 0 Å². The second-order valence-electron chi connectivity index (χ2n) is 16.9. The van der Waals surface area contributed by atoms with Crippen LogP contribution >= 0.6 is 0 Å². The second kappa shape index (κ2) is 35.9. The molecule has 4 rings (SSSR count). The molecule has 2 unspecified atom stereocenters. The monoisotopic (exact) mass is 921 g/mol. The van der Waals surface area contributed by atoms with Crippen molar-refractivity contribution in [3.8, 4) is 11.1 Å². The second-order valence-corrected chi connectivity index (χ2v) is 16.9. The van der Waals surface area contributed by atoms with Crippen molar-refractivity contribution in [2.75, 3.05) is 159 Å². The van der Waals surface area contributed by atoms with Crippen molar-refractivity contribution in [2.45, 2.75) is 95.7 Å². The highest BCUT2D eigenvalue weighted by atomic mass is 16.6. The van der Waals surface area contributed by atoms with Crippen LogP contribution in [0.2, 0.25) is 0 Å². The van der Waals surface area contributed by atoms with Crippen LogP contribution in [0, 0.1) is 13.8 Å². The first-order valence-electron chi connectivity index (χ1n) is 24.5. The molecule has 372 valence electrons. The minimum Gasteiger partial charge on any atom is -0.394 e. The van der Waals surface area contributed by atoms with E-state index in [-0.39, 0.29) is 37.4 Å². The van der Waals surface area contributed by atoms with Crippen molar-refractivity contribution in [1.29, 1.82) is 0 Å². The number of fused-ring (bicyclic) bond motifs is 3. The van der Waals surface area contributed by atoms with Crippen LogP contribution in [0.1, 0.15) is 86.5 Å². The molecular weight excluding hydrogens is 837 g/mol. The van der Waals surface area contributed by atoms with E-state index in [0.717, 1.165) is 64.2 Å². The van der Waals surface area contributed by atoms with Crippen molar-refractivity contribution in [3.63, 3.8) is 0 Å². The van der Waals surface area contributed by atoms with Gasteiger partial charge in [-0.05, 0) is 61.8 Å². The van der Waals surface area contributed by atoms with Crippen molar-refractivity contribution < 1.29 is 67.1 Å². The summed E-state index contributed by atoms with van der Waals surface area (Å²) in [5.74, 6) is 0. The van der Waals surface area contributed by atoms with Gasteiger partial charge in [-0.15, -0.1) is 0 Å². The van der Waals surface area contributed by atoms with E-state index in [0.29, 0.717) is 139 Å². The number of aliphatic hydroxyl groups is 2. The van der Waals surface area contributed by atoms with Crippen LogP contribution in [0.15, 0.2) is 36.4 Å². The highest BCUT2D eigenvalue weighted by molar-refractivity contribution is 5.81. The van der Waals surface area contributed by atoms with Crippen LogP contribution in [0.4, 0.5) is 0 Å². The molecule has 1 heterocycles. The lowest BCUT2D eigenvalue weighted by Crippen LogP contribution is -2.28. The number of hydrogen-bond donors (Lipinski definition) is 2. The van der Waals surface area contributed by atoms with Crippen molar-refractivity contribution >= 4 is 0 Å². The van der Waals surface area contributed by atoms with Gasteiger partial charge >= 0.3 is 0 Å². The van der Waals surface area contributed by atoms with E-state index in [1.165, 1.54) is 33.4 Å². The molecule has 1 aliphatic heterocycles. The fourth-order valence-corrected chi connectivity index (χ4v) is 8.38. The van der Waals surface area contributed by atoms with Gasteiger partial charge in [0.25, 0.3) is 0 Å². The van der Waals surface area contributed by atoms with Crippen molar-refractivity contribution in [3.05, 3.63) is 58.7 Å². The molecule has 2 aromatic rings. The van der Waals surface area contributed by atoms with Gasteiger partial charge in [0, 0.05) is 18.6 Å². The van der Waals surface area contributed by atoms with Crippen molar-refractivity contribution in [2.24, 2.45) is 0 Å². The van der Waals surface area contributed by atoms with Crippen LogP contribution in [-0.4, -0.2) is 181 Å². The summed E-state index contributed by atoms with van der Waals surface area (Å²) in [6.45, 7) is 14.9. The number of benzene rings is 2. The topological polar surface area (TPSA) is 151 Å². The number of aliphatic hydroxyl groups excluding tert-OH is 2. The van der Waals surface area contributed by atoms with Gasteiger partial charge in [0.1, 0.15) is 12.2 Å². The molecule has 0 aromatic heterocycles. The largest absolute Gasteiger partial charge is 0.394 e. The molecule has 2 aromatic carbocycles. The molecule has 1 fully saturated rings. The average molecular weight is 921 g/mol. The number of hydrogen-bond acceptors (Lipinski definition) is 14. The molecule has 1 saturated heterocycles. The molecule has 0 radical (unpaired) electrons. The Morgan fingerprint density at radius 1 is 0.508 bits per heavy atom. The molecule has 0 spiro atoms. The third-order valence-electron chi connectivity index (χ3n) is 11.7. The van der Waals surface area contributed by atoms with Gasteiger partial charge in [-0.3, -0.25) is 0 Å². The quantitative estimate of drug-likeness (QED) is 0.0803. The standard InChI is InChI=1S/C51H84O14/c1-43-11-13-47-48-14-12-44(2)38-50(48)51(49(47)37-43,15-7-3-5-9-19-60-39-45(64-35-33-55-22-18-53)41-62-31-29-54-21-17-52)16-8-4-6-10-20-61-40-46-42-63-32-30-58-26-25-56-23-24-57-27-28-59-34-36-65-46/h11-14,37-38,45-46,52-53H,3-10,15-36,39-42H2,1-2H3. The minimum absolute atomic E-state index is 0.0000975. The summed E-state index contributed by atoms with van der Waals surface area (Å²) in [4.78, 5) is 0.